The number of rotatable bonds is 6. The SMILES string of the molecule is Clc1ccc(NCCOCc2ccccc2Cl)cc1. The molecule has 0 fully saturated rings. The number of nitrogens with one attached hydrogen (secondary N) is 1. The Bertz CT molecular complexity index is 514. The van der Waals surface area contributed by atoms with E-state index in [1.807, 2.05) is 48.5 Å². The second-order valence-corrected chi connectivity index (χ2v) is 4.92. The number of anilines is 1. The maximum atomic E-state index is 6.04. The van der Waals surface area contributed by atoms with Gasteiger partial charge in [-0.3, -0.25) is 0 Å². The Morgan fingerprint density at radius 2 is 1.68 bits per heavy atom. The quantitative estimate of drug-likeness (QED) is 0.785. The van der Waals surface area contributed by atoms with Gasteiger partial charge in [-0.05, 0) is 35.9 Å². The van der Waals surface area contributed by atoms with Crippen molar-refractivity contribution in [1.82, 2.24) is 0 Å². The van der Waals surface area contributed by atoms with Gasteiger partial charge in [0.2, 0.25) is 0 Å². The Labute approximate surface area is 123 Å². The molecule has 0 spiro atoms. The Balaban J connectivity index is 1.67. The van der Waals surface area contributed by atoms with Crippen molar-refractivity contribution in [1.29, 1.82) is 0 Å². The van der Waals surface area contributed by atoms with Crippen LogP contribution in [0.25, 0.3) is 0 Å². The average Bonchev–Trinajstić information content (AvgIpc) is 2.42. The van der Waals surface area contributed by atoms with Crippen LogP contribution in [0.1, 0.15) is 5.56 Å². The summed E-state index contributed by atoms with van der Waals surface area (Å²) in [5, 5.41) is 4.74. The topological polar surface area (TPSA) is 21.3 Å². The van der Waals surface area contributed by atoms with Gasteiger partial charge in [-0.1, -0.05) is 41.4 Å². The van der Waals surface area contributed by atoms with Crippen LogP contribution >= 0.6 is 23.2 Å². The van der Waals surface area contributed by atoms with Crippen LogP contribution in [0.2, 0.25) is 10.0 Å². The molecule has 0 saturated carbocycles. The molecule has 2 nitrogen and oxygen atoms in total. The summed E-state index contributed by atoms with van der Waals surface area (Å²) < 4.78 is 5.57. The number of ether oxygens (including phenoxy) is 1. The minimum Gasteiger partial charge on any atom is -0.383 e. The molecule has 0 unspecified atom stereocenters. The fourth-order valence-electron chi connectivity index (χ4n) is 1.63. The fourth-order valence-corrected chi connectivity index (χ4v) is 1.95. The van der Waals surface area contributed by atoms with E-state index in [2.05, 4.69) is 5.32 Å². The first-order valence-corrected chi connectivity index (χ1v) is 6.82. The van der Waals surface area contributed by atoms with Crippen LogP contribution in [-0.4, -0.2) is 13.2 Å². The van der Waals surface area contributed by atoms with Crippen molar-refractivity contribution in [2.24, 2.45) is 0 Å². The molecule has 0 saturated heterocycles. The van der Waals surface area contributed by atoms with Gasteiger partial charge in [-0.2, -0.15) is 0 Å². The predicted molar refractivity (Wildman–Crippen MR) is 81.0 cm³/mol. The molecule has 0 aromatic heterocycles. The number of halogens is 2. The number of benzene rings is 2. The highest BCUT2D eigenvalue weighted by Gasteiger charge is 1.98. The lowest BCUT2D eigenvalue weighted by molar-refractivity contribution is 0.130. The second kappa shape index (κ2) is 7.39. The van der Waals surface area contributed by atoms with E-state index in [4.69, 9.17) is 27.9 Å². The largest absolute Gasteiger partial charge is 0.383 e. The normalized spacial score (nSPS) is 10.4. The van der Waals surface area contributed by atoms with Gasteiger partial charge in [-0.25, -0.2) is 0 Å². The molecule has 2 aromatic carbocycles. The summed E-state index contributed by atoms with van der Waals surface area (Å²) in [4.78, 5) is 0. The van der Waals surface area contributed by atoms with Crippen LogP contribution in [0.3, 0.4) is 0 Å². The van der Waals surface area contributed by atoms with E-state index in [1.54, 1.807) is 0 Å². The highest BCUT2D eigenvalue weighted by atomic mass is 35.5. The number of hydrogen-bond donors (Lipinski definition) is 1. The summed E-state index contributed by atoms with van der Waals surface area (Å²) in [6.45, 7) is 1.89. The molecule has 1 N–H and O–H groups in total. The summed E-state index contributed by atoms with van der Waals surface area (Å²) in [6.07, 6.45) is 0. The zero-order valence-electron chi connectivity index (χ0n) is 10.4. The summed E-state index contributed by atoms with van der Waals surface area (Å²) >= 11 is 11.9. The maximum Gasteiger partial charge on any atom is 0.0732 e. The summed E-state index contributed by atoms with van der Waals surface area (Å²) in [5.41, 5.74) is 2.04. The van der Waals surface area contributed by atoms with Crippen molar-refractivity contribution in [3.63, 3.8) is 0 Å². The van der Waals surface area contributed by atoms with Crippen molar-refractivity contribution in [3.8, 4) is 0 Å². The Morgan fingerprint density at radius 1 is 0.947 bits per heavy atom. The van der Waals surface area contributed by atoms with E-state index in [-0.39, 0.29) is 0 Å². The minimum absolute atomic E-state index is 0.530. The van der Waals surface area contributed by atoms with E-state index in [1.165, 1.54) is 0 Å². The van der Waals surface area contributed by atoms with Crippen molar-refractivity contribution >= 4 is 28.9 Å². The highest BCUT2D eigenvalue weighted by Crippen LogP contribution is 2.16. The predicted octanol–water partition coefficient (Wildman–Crippen LogP) is 4.62. The molecule has 0 atom stereocenters. The van der Waals surface area contributed by atoms with Crippen molar-refractivity contribution in [3.05, 3.63) is 64.1 Å². The molecule has 0 radical (unpaired) electrons. The van der Waals surface area contributed by atoms with Gasteiger partial charge in [0.05, 0.1) is 13.2 Å². The van der Waals surface area contributed by atoms with Gasteiger partial charge in [0, 0.05) is 22.3 Å². The van der Waals surface area contributed by atoms with E-state index < -0.39 is 0 Å². The smallest absolute Gasteiger partial charge is 0.0732 e. The van der Waals surface area contributed by atoms with Crippen LogP contribution in [-0.2, 0) is 11.3 Å². The molecule has 0 amide bonds. The molecule has 0 bridgehead atoms. The average molecular weight is 296 g/mol. The van der Waals surface area contributed by atoms with Gasteiger partial charge >= 0.3 is 0 Å². The van der Waals surface area contributed by atoms with Crippen molar-refractivity contribution < 1.29 is 4.74 Å². The molecule has 2 aromatic rings. The second-order valence-electron chi connectivity index (χ2n) is 4.08. The van der Waals surface area contributed by atoms with Gasteiger partial charge < -0.3 is 10.1 Å². The molecule has 0 aliphatic heterocycles. The molecule has 19 heavy (non-hydrogen) atoms. The summed E-state index contributed by atoms with van der Waals surface area (Å²) in [5.74, 6) is 0. The first-order chi connectivity index (χ1) is 9.25. The lowest BCUT2D eigenvalue weighted by Gasteiger charge is -2.08. The van der Waals surface area contributed by atoms with E-state index in [0.717, 1.165) is 27.8 Å². The van der Waals surface area contributed by atoms with E-state index in [9.17, 15) is 0 Å². The molecule has 0 aliphatic rings. The summed E-state index contributed by atoms with van der Waals surface area (Å²) in [7, 11) is 0. The van der Waals surface area contributed by atoms with Crippen LogP contribution in [0.4, 0.5) is 5.69 Å². The molecular formula is C15H15Cl2NO. The fraction of sp³-hybridized carbons (Fsp3) is 0.200. The van der Waals surface area contributed by atoms with Gasteiger partial charge in [0.15, 0.2) is 0 Å². The Hall–Kier alpha value is -1.22. The molecule has 0 heterocycles. The summed E-state index contributed by atoms with van der Waals surface area (Å²) in [6, 6.07) is 15.3. The van der Waals surface area contributed by atoms with Crippen LogP contribution in [0.15, 0.2) is 48.5 Å². The third-order valence-corrected chi connectivity index (χ3v) is 3.26. The van der Waals surface area contributed by atoms with Gasteiger partial charge in [0.1, 0.15) is 0 Å². The van der Waals surface area contributed by atoms with Crippen molar-refractivity contribution in [2.45, 2.75) is 6.61 Å². The molecule has 2 rings (SSSR count). The van der Waals surface area contributed by atoms with Crippen LogP contribution in [0.5, 0.6) is 0 Å². The first kappa shape index (κ1) is 14.2. The van der Waals surface area contributed by atoms with E-state index in [0.29, 0.717) is 13.2 Å². The zero-order valence-corrected chi connectivity index (χ0v) is 11.9. The standard InChI is InChI=1S/C15H15Cl2NO/c16-13-5-7-14(8-6-13)18-9-10-19-11-12-3-1-2-4-15(12)17/h1-8,18H,9-11H2. The first-order valence-electron chi connectivity index (χ1n) is 6.06. The van der Waals surface area contributed by atoms with Gasteiger partial charge in [-0.15, -0.1) is 0 Å². The van der Waals surface area contributed by atoms with Crippen LogP contribution < -0.4 is 5.32 Å². The Kier molecular flexibility index (Phi) is 5.52. The monoisotopic (exact) mass is 295 g/mol. The lowest BCUT2D eigenvalue weighted by Crippen LogP contribution is -2.09. The van der Waals surface area contributed by atoms with Crippen LogP contribution in [0, 0.1) is 0 Å². The maximum absolute atomic E-state index is 6.04. The zero-order chi connectivity index (χ0) is 13.5. The highest BCUT2D eigenvalue weighted by molar-refractivity contribution is 6.31. The van der Waals surface area contributed by atoms with Crippen molar-refractivity contribution in [2.75, 3.05) is 18.5 Å². The van der Waals surface area contributed by atoms with E-state index >= 15 is 0 Å². The third-order valence-electron chi connectivity index (χ3n) is 2.64. The molecular weight excluding hydrogens is 281 g/mol. The lowest BCUT2D eigenvalue weighted by atomic mass is 10.2. The molecule has 4 heteroatoms. The molecule has 100 valence electrons. The van der Waals surface area contributed by atoms with Gasteiger partial charge in [0.25, 0.3) is 0 Å². The Morgan fingerprint density at radius 3 is 2.42 bits per heavy atom. The number of hydrogen-bond acceptors (Lipinski definition) is 2. The molecule has 0 aliphatic carbocycles. The minimum atomic E-state index is 0.530. The third kappa shape index (κ3) is 4.75.